The molecule has 2 aliphatic rings. The van der Waals surface area contributed by atoms with Gasteiger partial charge in [0.25, 0.3) is 0 Å². The average Bonchev–Trinajstić information content (AvgIpc) is 2.84. The standard InChI is InChI=1S/C26H33NO7S/c1-7-35-11-10-34-26(30)21-15(3)27-18-12-14(2)20(25(29)33-6)24(28)23(18)22(21)17-9-8-16(31-4)13-19(17)32-5/h8-9,13-14,20,22,27H,7,10-12H2,1-6H3/t14-,20+,22+/m1/s1. The van der Waals surface area contributed by atoms with Gasteiger partial charge >= 0.3 is 11.9 Å². The predicted molar refractivity (Wildman–Crippen MR) is 133 cm³/mol. The monoisotopic (exact) mass is 503 g/mol. The summed E-state index contributed by atoms with van der Waals surface area (Å²) in [4.78, 5) is 39.7. The number of allylic oxidation sites excluding steroid dienone is 3. The zero-order valence-corrected chi connectivity index (χ0v) is 21.9. The molecule has 1 aliphatic carbocycles. The van der Waals surface area contributed by atoms with Crippen LogP contribution in [0.25, 0.3) is 0 Å². The second-order valence-corrected chi connectivity index (χ2v) is 9.87. The van der Waals surface area contributed by atoms with Crippen molar-refractivity contribution in [3.05, 3.63) is 46.3 Å². The fraction of sp³-hybridized carbons (Fsp3) is 0.500. The largest absolute Gasteiger partial charge is 0.497 e. The Balaban J connectivity index is 2.15. The van der Waals surface area contributed by atoms with E-state index >= 15 is 0 Å². The fourth-order valence-corrected chi connectivity index (χ4v) is 5.22. The average molecular weight is 504 g/mol. The van der Waals surface area contributed by atoms with Crippen molar-refractivity contribution in [3.8, 4) is 11.5 Å². The summed E-state index contributed by atoms with van der Waals surface area (Å²) in [7, 11) is 4.34. The van der Waals surface area contributed by atoms with Crippen LogP contribution in [0.1, 0.15) is 38.7 Å². The zero-order valence-electron chi connectivity index (χ0n) is 21.1. The molecule has 0 spiro atoms. The second-order valence-electron chi connectivity index (χ2n) is 8.48. The molecule has 9 heteroatoms. The van der Waals surface area contributed by atoms with Gasteiger partial charge in [-0.3, -0.25) is 9.59 Å². The molecule has 3 atom stereocenters. The number of nitrogens with one attached hydrogen (secondary N) is 1. The molecule has 0 saturated heterocycles. The number of ether oxygens (including phenoxy) is 4. The summed E-state index contributed by atoms with van der Waals surface area (Å²) in [6, 6.07) is 5.25. The lowest BCUT2D eigenvalue weighted by molar-refractivity contribution is -0.151. The molecule has 190 valence electrons. The van der Waals surface area contributed by atoms with Crippen LogP contribution in [0.4, 0.5) is 0 Å². The number of dihydropyridines is 1. The van der Waals surface area contributed by atoms with E-state index < -0.39 is 23.8 Å². The Bertz CT molecular complexity index is 1060. The molecular formula is C26H33NO7S. The lowest BCUT2D eigenvalue weighted by atomic mass is 9.69. The number of ketones is 1. The number of carbonyl (C=O) groups is 3. The highest BCUT2D eigenvalue weighted by molar-refractivity contribution is 7.99. The topological polar surface area (TPSA) is 100 Å². The molecule has 3 rings (SSSR count). The van der Waals surface area contributed by atoms with Gasteiger partial charge in [0.2, 0.25) is 0 Å². The molecule has 1 N–H and O–H groups in total. The van der Waals surface area contributed by atoms with Crippen molar-refractivity contribution < 1.29 is 33.3 Å². The lowest BCUT2D eigenvalue weighted by Crippen LogP contribution is -2.43. The molecule has 8 nitrogen and oxygen atoms in total. The summed E-state index contributed by atoms with van der Waals surface area (Å²) in [6.45, 7) is 5.94. The number of Topliss-reactive ketones (excluding diaryl/α,β-unsaturated/α-hetero) is 1. The van der Waals surface area contributed by atoms with Crippen molar-refractivity contribution in [1.29, 1.82) is 0 Å². The van der Waals surface area contributed by atoms with Gasteiger partial charge in [0.1, 0.15) is 24.0 Å². The van der Waals surface area contributed by atoms with E-state index in [9.17, 15) is 14.4 Å². The molecule has 0 aromatic heterocycles. The number of hydrogen-bond donors (Lipinski definition) is 1. The SMILES string of the molecule is CCSCCOC(=O)C1=C(C)NC2=C(C(=O)[C@@H](C(=O)OC)[C@H](C)C2)[C@H]1c1ccc(OC)cc1OC. The smallest absolute Gasteiger partial charge is 0.336 e. The molecule has 1 heterocycles. The van der Waals surface area contributed by atoms with Gasteiger partial charge in [-0.1, -0.05) is 19.9 Å². The highest BCUT2D eigenvalue weighted by atomic mass is 32.2. The maximum Gasteiger partial charge on any atom is 0.336 e. The van der Waals surface area contributed by atoms with Crippen LogP contribution in [0, 0.1) is 11.8 Å². The van der Waals surface area contributed by atoms with Crippen molar-refractivity contribution in [2.75, 3.05) is 39.4 Å². The number of hydrogen-bond acceptors (Lipinski definition) is 9. The van der Waals surface area contributed by atoms with E-state index in [4.69, 9.17) is 18.9 Å². The van der Waals surface area contributed by atoms with E-state index in [0.29, 0.717) is 51.8 Å². The third-order valence-corrected chi connectivity index (χ3v) is 7.24. The first kappa shape index (κ1) is 26.7. The molecule has 1 aromatic rings. The number of carbonyl (C=O) groups excluding carboxylic acids is 3. The third kappa shape index (κ3) is 5.34. The van der Waals surface area contributed by atoms with Crippen molar-refractivity contribution in [3.63, 3.8) is 0 Å². The Morgan fingerprint density at radius 3 is 2.54 bits per heavy atom. The van der Waals surface area contributed by atoms with E-state index in [-0.39, 0.29) is 18.3 Å². The minimum absolute atomic E-state index is 0.252. The number of thioether (sulfide) groups is 1. The highest BCUT2D eigenvalue weighted by Crippen LogP contribution is 2.48. The van der Waals surface area contributed by atoms with Gasteiger partial charge in [-0.15, -0.1) is 0 Å². The summed E-state index contributed by atoms with van der Waals surface area (Å²) < 4.78 is 21.5. The van der Waals surface area contributed by atoms with Crippen LogP contribution >= 0.6 is 11.8 Å². The fourth-order valence-electron chi connectivity index (χ4n) is 4.73. The predicted octanol–water partition coefficient (Wildman–Crippen LogP) is 3.61. The normalized spacial score (nSPS) is 21.8. The van der Waals surface area contributed by atoms with Crippen LogP contribution in [-0.2, 0) is 23.9 Å². The van der Waals surface area contributed by atoms with Crippen molar-refractivity contribution in [2.45, 2.75) is 33.1 Å². The van der Waals surface area contributed by atoms with Gasteiger partial charge in [0, 0.05) is 34.3 Å². The van der Waals surface area contributed by atoms with E-state index in [1.165, 1.54) is 14.2 Å². The summed E-state index contributed by atoms with van der Waals surface area (Å²) in [5.41, 5.74) is 2.60. The maximum absolute atomic E-state index is 13.8. The number of benzene rings is 1. The minimum atomic E-state index is -0.955. The first-order valence-electron chi connectivity index (χ1n) is 11.6. The van der Waals surface area contributed by atoms with Gasteiger partial charge in [0.15, 0.2) is 5.78 Å². The quantitative estimate of drug-likeness (QED) is 0.308. The molecule has 1 aromatic carbocycles. The van der Waals surface area contributed by atoms with Crippen LogP contribution in [-0.4, -0.2) is 57.2 Å². The molecule has 0 radical (unpaired) electrons. The number of esters is 2. The number of methoxy groups -OCH3 is 3. The summed E-state index contributed by atoms with van der Waals surface area (Å²) in [5.74, 6) is -0.807. The van der Waals surface area contributed by atoms with Crippen molar-refractivity contribution in [2.24, 2.45) is 11.8 Å². The Labute approximate surface area is 210 Å². The number of rotatable bonds is 9. The summed E-state index contributed by atoms with van der Waals surface area (Å²) in [6.07, 6.45) is 0.461. The molecule has 0 saturated carbocycles. The van der Waals surface area contributed by atoms with E-state index in [1.807, 2.05) is 13.8 Å². The Hall–Kier alpha value is -2.94. The lowest BCUT2D eigenvalue weighted by Gasteiger charge is -2.38. The Kier molecular flexibility index (Phi) is 8.88. The Morgan fingerprint density at radius 2 is 1.91 bits per heavy atom. The molecule has 0 fully saturated rings. The van der Waals surface area contributed by atoms with Crippen LogP contribution in [0.5, 0.6) is 11.5 Å². The molecule has 0 unspecified atom stereocenters. The van der Waals surface area contributed by atoms with Crippen LogP contribution in [0.3, 0.4) is 0 Å². The molecule has 0 amide bonds. The van der Waals surface area contributed by atoms with Crippen molar-refractivity contribution in [1.82, 2.24) is 5.32 Å². The first-order valence-corrected chi connectivity index (χ1v) is 12.7. The van der Waals surface area contributed by atoms with E-state index in [2.05, 4.69) is 5.32 Å². The molecular weight excluding hydrogens is 470 g/mol. The van der Waals surface area contributed by atoms with Gasteiger partial charge < -0.3 is 24.3 Å². The summed E-state index contributed by atoms with van der Waals surface area (Å²) >= 11 is 1.67. The molecule has 0 bridgehead atoms. The first-order chi connectivity index (χ1) is 16.8. The highest BCUT2D eigenvalue weighted by Gasteiger charge is 2.47. The van der Waals surface area contributed by atoms with Gasteiger partial charge in [-0.2, -0.15) is 11.8 Å². The zero-order chi connectivity index (χ0) is 25.7. The van der Waals surface area contributed by atoms with Crippen LogP contribution in [0.15, 0.2) is 40.7 Å². The minimum Gasteiger partial charge on any atom is -0.497 e. The van der Waals surface area contributed by atoms with Crippen LogP contribution < -0.4 is 14.8 Å². The van der Waals surface area contributed by atoms with E-state index in [0.717, 1.165) is 5.75 Å². The van der Waals surface area contributed by atoms with Gasteiger partial charge in [-0.25, -0.2) is 4.79 Å². The van der Waals surface area contributed by atoms with Crippen LogP contribution in [0.2, 0.25) is 0 Å². The van der Waals surface area contributed by atoms with Gasteiger partial charge in [0.05, 0.1) is 32.8 Å². The molecule has 1 aliphatic heterocycles. The maximum atomic E-state index is 13.8. The molecule has 35 heavy (non-hydrogen) atoms. The second kappa shape index (κ2) is 11.7. The summed E-state index contributed by atoms with van der Waals surface area (Å²) in [5, 5.41) is 3.26. The van der Waals surface area contributed by atoms with E-state index in [1.54, 1.807) is 44.0 Å². The van der Waals surface area contributed by atoms with Crippen molar-refractivity contribution >= 4 is 29.5 Å². The Morgan fingerprint density at radius 1 is 1.17 bits per heavy atom. The van der Waals surface area contributed by atoms with Gasteiger partial charge in [-0.05, 0) is 31.1 Å². The third-order valence-electron chi connectivity index (χ3n) is 6.38.